The molecular formula is C22H17ClN2O5. The van der Waals surface area contributed by atoms with Gasteiger partial charge >= 0.3 is 0 Å². The third-order valence-corrected chi connectivity index (χ3v) is 5.15. The van der Waals surface area contributed by atoms with Crippen LogP contribution in [0.3, 0.4) is 0 Å². The number of amides is 1. The van der Waals surface area contributed by atoms with Crippen LogP contribution < -0.4 is 4.74 Å². The van der Waals surface area contributed by atoms with Crippen molar-refractivity contribution in [1.29, 1.82) is 0 Å². The van der Waals surface area contributed by atoms with Crippen LogP contribution in [0.15, 0.2) is 71.0 Å². The maximum atomic E-state index is 12.9. The maximum absolute atomic E-state index is 12.9. The first-order chi connectivity index (χ1) is 14.5. The molecule has 1 aromatic carbocycles. The number of aliphatic hydroxyl groups excluding tert-OH is 1. The molecule has 7 nitrogen and oxygen atoms in total. The third-order valence-electron chi connectivity index (χ3n) is 4.84. The van der Waals surface area contributed by atoms with Crippen LogP contribution >= 0.6 is 11.6 Å². The van der Waals surface area contributed by atoms with E-state index in [-0.39, 0.29) is 17.9 Å². The molecule has 1 aliphatic heterocycles. The molecule has 0 saturated carbocycles. The standard InChI is InChI=1S/C22H17ClN2O5/c1-29-17-11-13(7-8-15(17)23)20(26)18-19(16-6-4-10-30-16)25(22(28)21(18)27)12-14-5-2-3-9-24-14/h2-11,19,26H,12H2,1H3/b20-18-. The van der Waals surface area contributed by atoms with Gasteiger partial charge in [0.1, 0.15) is 23.3 Å². The highest BCUT2D eigenvalue weighted by atomic mass is 35.5. The Bertz CT molecular complexity index is 1130. The number of aliphatic hydroxyl groups is 1. The zero-order valence-corrected chi connectivity index (χ0v) is 16.7. The summed E-state index contributed by atoms with van der Waals surface area (Å²) in [6.07, 6.45) is 3.05. The zero-order chi connectivity index (χ0) is 21.3. The molecular weight excluding hydrogens is 408 g/mol. The molecule has 1 amide bonds. The fourth-order valence-electron chi connectivity index (χ4n) is 3.41. The number of methoxy groups -OCH3 is 1. The summed E-state index contributed by atoms with van der Waals surface area (Å²) in [6.45, 7) is 0.0809. The lowest BCUT2D eigenvalue weighted by molar-refractivity contribution is -0.140. The number of pyridine rings is 1. The molecule has 2 aromatic heterocycles. The van der Waals surface area contributed by atoms with E-state index in [0.29, 0.717) is 27.8 Å². The van der Waals surface area contributed by atoms with Gasteiger partial charge in [-0.1, -0.05) is 17.7 Å². The highest BCUT2D eigenvalue weighted by Crippen LogP contribution is 2.41. The van der Waals surface area contributed by atoms with E-state index in [4.69, 9.17) is 20.8 Å². The lowest BCUT2D eigenvalue weighted by atomic mass is 9.99. The second-order valence-corrected chi connectivity index (χ2v) is 7.02. The van der Waals surface area contributed by atoms with Gasteiger partial charge in [0.15, 0.2) is 0 Å². The number of likely N-dealkylation sites (tertiary alicyclic amines) is 1. The number of benzene rings is 1. The molecule has 30 heavy (non-hydrogen) atoms. The molecule has 1 atom stereocenters. The number of hydrogen-bond acceptors (Lipinski definition) is 6. The van der Waals surface area contributed by atoms with Crippen molar-refractivity contribution in [2.75, 3.05) is 7.11 Å². The molecule has 1 fully saturated rings. The minimum atomic E-state index is -0.899. The van der Waals surface area contributed by atoms with Crippen LogP contribution in [-0.4, -0.2) is 33.8 Å². The van der Waals surface area contributed by atoms with E-state index >= 15 is 0 Å². The van der Waals surface area contributed by atoms with Crippen molar-refractivity contribution < 1.29 is 23.8 Å². The second-order valence-electron chi connectivity index (χ2n) is 6.61. The highest BCUT2D eigenvalue weighted by molar-refractivity contribution is 6.46. The number of hydrogen-bond donors (Lipinski definition) is 1. The summed E-state index contributed by atoms with van der Waals surface area (Å²) in [5.41, 5.74) is 0.822. The summed E-state index contributed by atoms with van der Waals surface area (Å²) in [5, 5.41) is 11.4. The summed E-state index contributed by atoms with van der Waals surface area (Å²) >= 11 is 6.06. The smallest absolute Gasteiger partial charge is 0.296 e. The Kier molecular flexibility index (Phi) is 5.29. The van der Waals surface area contributed by atoms with E-state index < -0.39 is 17.7 Å². The number of ether oxygens (including phenoxy) is 1. The zero-order valence-electron chi connectivity index (χ0n) is 15.9. The molecule has 1 unspecified atom stereocenters. The highest BCUT2D eigenvalue weighted by Gasteiger charge is 2.47. The summed E-state index contributed by atoms with van der Waals surface area (Å²) < 4.78 is 10.7. The number of carbonyl (C=O) groups is 2. The van der Waals surface area contributed by atoms with E-state index in [1.165, 1.54) is 24.3 Å². The Hall–Kier alpha value is -3.58. The molecule has 0 spiro atoms. The van der Waals surface area contributed by atoms with Gasteiger partial charge in [-0.15, -0.1) is 0 Å². The van der Waals surface area contributed by atoms with Crippen molar-refractivity contribution in [2.45, 2.75) is 12.6 Å². The largest absolute Gasteiger partial charge is 0.507 e. The van der Waals surface area contributed by atoms with Gasteiger partial charge in [0, 0.05) is 11.8 Å². The van der Waals surface area contributed by atoms with Gasteiger partial charge in [-0.2, -0.15) is 0 Å². The van der Waals surface area contributed by atoms with Crippen LogP contribution in [0.1, 0.15) is 23.1 Å². The average molecular weight is 425 g/mol. The van der Waals surface area contributed by atoms with Crippen molar-refractivity contribution in [3.63, 3.8) is 0 Å². The molecule has 0 radical (unpaired) electrons. The second kappa shape index (κ2) is 8.04. The quantitative estimate of drug-likeness (QED) is 0.378. The predicted molar refractivity (Wildman–Crippen MR) is 109 cm³/mol. The van der Waals surface area contributed by atoms with E-state index in [0.717, 1.165) is 0 Å². The lowest BCUT2D eigenvalue weighted by Crippen LogP contribution is -2.29. The summed E-state index contributed by atoms with van der Waals surface area (Å²) in [5.74, 6) is -1.21. The Balaban J connectivity index is 1.84. The van der Waals surface area contributed by atoms with Crippen LogP contribution in [0.2, 0.25) is 5.02 Å². The molecule has 8 heteroatoms. The van der Waals surface area contributed by atoms with Gasteiger partial charge in [0.25, 0.3) is 11.7 Å². The Morgan fingerprint density at radius 2 is 2.07 bits per heavy atom. The topological polar surface area (TPSA) is 92.9 Å². The number of nitrogens with zero attached hydrogens (tertiary/aromatic N) is 2. The monoisotopic (exact) mass is 424 g/mol. The number of carbonyl (C=O) groups excluding carboxylic acids is 2. The van der Waals surface area contributed by atoms with E-state index in [1.54, 1.807) is 48.7 Å². The number of aromatic nitrogens is 1. The van der Waals surface area contributed by atoms with Crippen molar-refractivity contribution >= 4 is 29.1 Å². The minimum Gasteiger partial charge on any atom is -0.507 e. The molecule has 1 saturated heterocycles. The van der Waals surface area contributed by atoms with Crippen LogP contribution in [0.25, 0.3) is 5.76 Å². The third kappa shape index (κ3) is 3.44. The van der Waals surface area contributed by atoms with Crippen LogP contribution in [0.4, 0.5) is 0 Å². The minimum absolute atomic E-state index is 0.0738. The SMILES string of the molecule is COc1cc(/C(O)=C2/C(=O)C(=O)N(Cc3ccccn3)C2c2ccco2)ccc1Cl. The first kappa shape index (κ1) is 19.7. The van der Waals surface area contributed by atoms with Crippen LogP contribution in [0.5, 0.6) is 5.75 Å². The lowest BCUT2D eigenvalue weighted by Gasteiger charge is -2.23. The molecule has 1 aliphatic rings. The fraction of sp³-hybridized carbons (Fsp3) is 0.136. The summed E-state index contributed by atoms with van der Waals surface area (Å²) in [6, 6.07) is 12.3. The average Bonchev–Trinajstić information content (AvgIpc) is 3.37. The number of ketones is 1. The molecule has 4 rings (SSSR count). The first-order valence-electron chi connectivity index (χ1n) is 9.07. The number of halogens is 1. The fourth-order valence-corrected chi connectivity index (χ4v) is 3.61. The molecule has 1 N–H and O–H groups in total. The summed E-state index contributed by atoms with van der Waals surface area (Å²) in [4.78, 5) is 31.3. The molecule has 152 valence electrons. The number of Topliss-reactive ketones (excluding diaryl/α,β-unsaturated/α-hetero) is 1. The normalized spacial score (nSPS) is 18.1. The number of rotatable bonds is 5. The van der Waals surface area contributed by atoms with E-state index in [9.17, 15) is 14.7 Å². The maximum Gasteiger partial charge on any atom is 0.296 e. The molecule has 3 heterocycles. The van der Waals surface area contributed by atoms with Gasteiger partial charge in [0.2, 0.25) is 0 Å². The Morgan fingerprint density at radius 1 is 1.23 bits per heavy atom. The van der Waals surface area contributed by atoms with Gasteiger partial charge in [-0.05, 0) is 42.5 Å². The number of furan rings is 1. The molecule has 3 aromatic rings. The van der Waals surface area contributed by atoms with Crippen molar-refractivity contribution in [2.24, 2.45) is 0 Å². The van der Waals surface area contributed by atoms with E-state index in [1.807, 2.05) is 0 Å². The predicted octanol–water partition coefficient (Wildman–Crippen LogP) is 3.96. The first-order valence-corrected chi connectivity index (χ1v) is 9.44. The van der Waals surface area contributed by atoms with Crippen molar-refractivity contribution in [3.05, 3.63) is 88.6 Å². The van der Waals surface area contributed by atoms with Gasteiger partial charge in [-0.3, -0.25) is 14.6 Å². The van der Waals surface area contributed by atoms with Crippen LogP contribution in [-0.2, 0) is 16.1 Å². The van der Waals surface area contributed by atoms with Gasteiger partial charge in [0.05, 0.1) is 36.2 Å². The van der Waals surface area contributed by atoms with Gasteiger partial charge in [-0.25, -0.2) is 0 Å². The Morgan fingerprint density at radius 3 is 2.73 bits per heavy atom. The Labute approximate surface area is 177 Å². The molecule has 0 bridgehead atoms. The van der Waals surface area contributed by atoms with Crippen LogP contribution in [0, 0.1) is 0 Å². The van der Waals surface area contributed by atoms with E-state index in [2.05, 4.69) is 4.98 Å². The molecule has 0 aliphatic carbocycles. The van der Waals surface area contributed by atoms with Gasteiger partial charge < -0.3 is 19.2 Å². The van der Waals surface area contributed by atoms with Crippen molar-refractivity contribution in [1.82, 2.24) is 9.88 Å². The van der Waals surface area contributed by atoms with Crippen molar-refractivity contribution in [3.8, 4) is 5.75 Å². The summed E-state index contributed by atoms with van der Waals surface area (Å²) in [7, 11) is 1.44.